The maximum absolute atomic E-state index is 12.3. The number of carbonyl (C=O) groups is 2. The average molecular weight is 263 g/mol. The van der Waals surface area contributed by atoms with Crippen LogP contribution in [0, 0.1) is 0 Å². The van der Waals surface area contributed by atoms with Crippen LogP contribution in [-0.2, 0) is 9.59 Å². The summed E-state index contributed by atoms with van der Waals surface area (Å²) in [6.45, 7) is 1.93. The second kappa shape index (κ2) is 3.60. The van der Waals surface area contributed by atoms with Gasteiger partial charge in [-0.3, -0.25) is 14.5 Å². The highest BCUT2D eigenvalue weighted by Gasteiger charge is 2.38. The Kier molecular flexibility index (Phi) is 1.99. The Morgan fingerprint density at radius 3 is 2.95 bits per heavy atom. The molecule has 0 aromatic carbocycles. The number of allylic oxidation sites excluding steroid dienone is 4. The van der Waals surface area contributed by atoms with Crippen LogP contribution in [0.3, 0.4) is 0 Å². The number of hydrogen-bond donors (Lipinski definition) is 0. The van der Waals surface area contributed by atoms with Crippen LogP contribution in [0.15, 0.2) is 58.6 Å². The lowest BCUT2D eigenvalue weighted by atomic mass is 9.97. The van der Waals surface area contributed by atoms with Gasteiger partial charge in [0.2, 0.25) is 0 Å². The minimum absolute atomic E-state index is 0.365. The minimum Gasteiger partial charge on any atom is -0.283 e. The molecule has 0 unspecified atom stereocenters. The van der Waals surface area contributed by atoms with Crippen LogP contribution in [0.4, 0.5) is 0 Å². The van der Waals surface area contributed by atoms with E-state index in [2.05, 4.69) is 9.98 Å². The van der Waals surface area contributed by atoms with Gasteiger partial charge in [-0.05, 0) is 36.8 Å². The van der Waals surface area contributed by atoms with Crippen LogP contribution >= 0.6 is 0 Å². The van der Waals surface area contributed by atoms with Gasteiger partial charge in [0.05, 0.1) is 11.3 Å². The molecule has 0 spiro atoms. The molecule has 0 radical (unpaired) electrons. The molecule has 0 atom stereocenters. The molecule has 96 valence electrons. The summed E-state index contributed by atoms with van der Waals surface area (Å²) < 4.78 is 0. The number of ketones is 1. The lowest BCUT2D eigenvalue weighted by molar-refractivity contribution is -0.139. The molecule has 0 fully saturated rings. The molecule has 4 heterocycles. The van der Waals surface area contributed by atoms with Crippen molar-refractivity contribution in [3.8, 4) is 0 Å². The molecule has 0 aliphatic carbocycles. The number of Topliss-reactive ketones (excluding diaryl/α,β-unsaturated/α-hetero) is 1. The molecule has 20 heavy (non-hydrogen) atoms. The van der Waals surface area contributed by atoms with Crippen molar-refractivity contribution in [1.29, 1.82) is 0 Å². The van der Waals surface area contributed by atoms with Gasteiger partial charge >= 0.3 is 5.91 Å². The van der Waals surface area contributed by atoms with Gasteiger partial charge in [0, 0.05) is 17.6 Å². The third-order valence-electron chi connectivity index (χ3n) is 3.50. The van der Waals surface area contributed by atoms with Crippen molar-refractivity contribution in [2.24, 2.45) is 4.99 Å². The maximum Gasteiger partial charge on any atom is 0.303 e. The molecule has 4 rings (SSSR count). The van der Waals surface area contributed by atoms with Crippen LogP contribution in [0.2, 0.25) is 0 Å². The molecule has 5 nitrogen and oxygen atoms in total. The Morgan fingerprint density at radius 2 is 2.10 bits per heavy atom. The minimum atomic E-state index is -0.550. The zero-order valence-corrected chi connectivity index (χ0v) is 10.6. The van der Waals surface area contributed by atoms with E-state index in [0.29, 0.717) is 27.7 Å². The van der Waals surface area contributed by atoms with Crippen molar-refractivity contribution in [2.75, 3.05) is 0 Å². The first-order valence-corrected chi connectivity index (χ1v) is 6.20. The Hall–Kier alpha value is -2.82. The van der Waals surface area contributed by atoms with Gasteiger partial charge in [-0.25, -0.2) is 9.98 Å². The number of nitrogens with zero attached hydrogens (tertiary/aromatic N) is 3. The van der Waals surface area contributed by atoms with Gasteiger partial charge < -0.3 is 0 Å². The lowest BCUT2D eigenvalue weighted by Crippen LogP contribution is -2.40. The van der Waals surface area contributed by atoms with Crippen LogP contribution in [0.1, 0.15) is 6.92 Å². The molecule has 1 aromatic rings. The van der Waals surface area contributed by atoms with Gasteiger partial charge in [0.25, 0.3) is 5.78 Å². The first-order valence-electron chi connectivity index (χ1n) is 6.20. The SMILES string of the molecule is CC1=CC2=C3N=c4ncccc4=C3C(=O)C(=O)N2C=C1. The standard InChI is InChI=1S/C15H9N3O2/c1-8-4-6-18-10(7-8)12-11(13(19)15(18)20)9-3-2-5-16-14(9)17-12/h2-7H,1H3. The number of hydrogen-bond acceptors (Lipinski definition) is 4. The van der Waals surface area contributed by atoms with E-state index in [1.54, 1.807) is 30.6 Å². The largest absolute Gasteiger partial charge is 0.303 e. The Labute approximate surface area is 114 Å². The van der Waals surface area contributed by atoms with E-state index in [-0.39, 0.29) is 0 Å². The summed E-state index contributed by atoms with van der Waals surface area (Å²) in [5, 5.41) is 0.633. The van der Waals surface area contributed by atoms with E-state index in [1.165, 1.54) is 4.90 Å². The molecule has 1 aromatic heterocycles. The molecule has 5 heteroatoms. The second-order valence-electron chi connectivity index (χ2n) is 4.80. The van der Waals surface area contributed by atoms with Crippen LogP contribution in [0.25, 0.3) is 5.57 Å². The summed E-state index contributed by atoms with van der Waals surface area (Å²) >= 11 is 0. The average Bonchev–Trinajstić information content (AvgIpc) is 2.84. The molecule has 3 aliphatic heterocycles. The van der Waals surface area contributed by atoms with E-state index in [9.17, 15) is 9.59 Å². The van der Waals surface area contributed by atoms with Crippen molar-refractivity contribution >= 4 is 17.3 Å². The van der Waals surface area contributed by atoms with Crippen molar-refractivity contribution in [3.05, 3.63) is 64.4 Å². The number of fused-ring (bicyclic) bond motifs is 3. The quantitative estimate of drug-likeness (QED) is 0.617. The molecule has 0 saturated carbocycles. The van der Waals surface area contributed by atoms with Gasteiger partial charge in [-0.15, -0.1) is 0 Å². The smallest absolute Gasteiger partial charge is 0.283 e. The highest BCUT2D eigenvalue weighted by atomic mass is 16.2. The van der Waals surface area contributed by atoms with Gasteiger partial charge in [0.1, 0.15) is 5.70 Å². The zero-order chi connectivity index (χ0) is 13.9. The van der Waals surface area contributed by atoms with Crippen LogP contribution in [0.5, 0.6) is 0 Å². The van der Waals surface area contributed by atoms with E-state index in [1.807, 2.05) is 13.0 Å². The molecular formula is C15H9N3O2. The summed E-state index contributed by atoms with van der Waals surface area (Å²) in [7, 11) is 0. The van der Waals surface area contributed by atoms with Crippen molar-refractivity contribution in [3.63, 3.8) is 0 Å². The molecule has 3 aliphatic rings. The van der Waals surface area contributed by atoms with E-state index >= 15 is 0 Å². The molecule has 0 saturated heterocycles. The molecule has 1 amide bonds. The van der Waals surface area contributed by atoms with Crippen LogP contribution in [-0.4, -0.2) is 21.6 Å². The molecule has 0 N–H and O–H groups in total. The second-order valence-corrected chi connectivity index (χ2v) is 4.80. The first kappa shape index (κ1) is 11.0. The van der Waals surface area contributed by atoms with Gasteiger partial charge in [-0.2, -0.15) is 0 Å². The number of rotatable bonds is 0. The predicted molar refractivity (Wildman–Crippen MR) is 70.2 cm³/mol. The van der Waals surface area contributed by atoms with Crippen molar-refractivity contribution < 1.29 is 9.59 Å². The highest BCUT2D eigenvalue weighted by molar-refractivity contribution is 6.54. The third-order valence-corrected chi connectivity index (χ3v) is 3.50. The van der Waals surface area contributed by atoms with Gasteiger partial charge in [0.15, 0.2) is 5.49 Å². The normalized spacial score (nSPS) is 19.6. The Bertz CT molecular complexity index is 903. The van der Waals surface area contributed by atoms with Gasteiger partial charge in [-0.1, -0.05) is 0 Å². The summed E-state index contributed by atoms with van der Waals surface area (Å²) in [5.41, 5.74) is 3.04. The number of carbonyl (C=O) groups excluding carboxylic acids is 2. The monoisotopic (exact) mass is 263 g/mol. The number of aromatic nitrogens is 1. The summed E-state index contributed by atoms with van der Waals surface area (Å²) in [6, 6.07) is 3.51. The van der Waals surface area contributed by atoms with Crippen LogP contribution < -0.4 is 10.7 Å². The van der Waals surface area contributed by atoms with Crippen molar-refractivity contribution in [1.82, 2.24) is 9.88 Å². The third kappa shape index (κ3) is 1.26. The predicted octanol–water partition coefficient (Wildman–Crippen LogP) is -0.0380. The zero-order valence-electron chi connectivity index (χ0n) is 10.6. The molecular weight excluding hydrogens is 254 g/mol. The fourth-order valence-corrected chi connectivity index (χ4v) is 2.57. The fraction of sp³-hybridized carbons (Fsp3) is 0.0667. The van der Waals surface area contributed by atoms with E-state index in [4.69, 9.17) is 0 Å². The van der Waals surface area contributed by atoms with Crippen molar-refractivity contribution in [2.45, 2.75) is 6.92 Å². The fourth-order valence-electron chi connectivity index (χ4n) is 2.57. The maximum atomic E-state index is 12.3. The number of amides is 1. The molecule has 0 bridgehead atoms. The lowest BCUT2D eigenvalue weighted by Gasteiger charge is -2.27. The topological polar surface area (TPSA) is 62.6 Å². The first-order chi connectivity index (χ1) is 9.66. The Balaban J connectivity index is 2.15. The summed E-state index contributed by atoms with van der Waals surface area (Å²) in [5.74, 6) is -1.08. The summed E-state index contributed by atoms with van der Waals surface area (Å²) in [6.07, 6.45) is 6.88. The van der Waals surface area contributed by atoms with E-state index in [0.717, 1.165) is 5.57 Å². The number of pyridine rings is 1. The Morgan fingerprint density at radius 1 is 1.25 bits per heavy atom. The van der Waals surface area contributed by atoms with E-state index < -0.39 is 11.7 Å². The highest BCUT2D eigenvalue weighted by Crippen LogP contribution is 2.32. The summed E-state index contributed by atoms with van der Waals surface area (Å²) in [4.78, 5) is 34.4.